The molecule has 0 unspecified atom stereocenters. The van der Waals surface area contributed by atoms with Crippen LogP contribution in [0, 0.1) is 20.8 Å². The van der Waals surface area contributed by atoms with E-state index in [9.17, 15) is 0 Å². The highest BCUT2D eigenvalue weighted by Gasteiger charge is 2.02. The number of hydrogen-bond donors (Lipinski definition) is 1. The summed E-state index contributed by atoms with van der Waals surface area (Å²) in [7, 11) is 0. The Kier molecular flexibility index (Phi) is 3.56. The smallest absolute Gasteiger partial charge is 0.124 e. The van der Waals surface area contributed by atoms with E-state index in [1.807, 2.05) is 25.1 Å². The molecule has 0 aromatic heterocycles. The number of rotatable bonds is 3. The number of benzene rings is 2. The molecule has 0 atom stereocenters. The van der Waals surface area contributed by atoms with Crippen LogP contribution in [0.1, 0.15) is 22.3 Å². The predicted molar refractivity (Wildman–Crippen MR) is 75.8 cm³/mol. The maximum absolute atomic E-state index is 5.83. The van der Waals surface area contributed by atoms with Crippen LogP contribution in [0.3, 0.4) is 0 Å². The summed E-state index contributed by atoms with van der Waals surface area (Å²) in [4.78, 5) is 0. The highest BCUT2D eigenvalue weighted by molar-refractivity contribution is 5.48. The Labute approximate surface area is 108 Å². The molecule has 0 fully saturated rings. The van der Waals surface area contributed by atoms with Crippen molar-refractivity contribution in [2.24, 2.45) is 0 Å². The van der Waals surface area contributed by atoms with Gasteiger partial charge < -0.3 is 10.5 Å². The number of ether oxygens (including phenoxy) is 1. The lowest BCUT2D eigenvalue weighted by Gasteiger charge is -2.11. The van der Waals surface area contributed by atoms with Crippen LogP contribution >= 0.6 is 0 Å². The predicted octanol–water partition coefficient (Wildman–Crippen LogP) is 3.77. The summed E-state index contributed by atoms with van der Waals surface area (Å²) in [6.45, 7) is 6.80. The van der Waals surface area contributed by atoms with E-state index in [0.29, 0.717) is 6.61 Å². The van der Waals surface area contributed by atoms with Crippen LogP contribution in [0.4, 0.5) is 5.69 Å². The van der Waals surface area contributed by atoms with Gasteiger partial charge >= 0.3 is 0 Å². The molecule has 2 heteroatoms. The molecule has 0 radical (unpaired) electrons. The second-order valence-electron chi connectivity index (χ2n) is 4.81. The van der Waals surface area contributed by atoms with Gasteiger partial charge in [0.1, 0.15) is 12.4 Å². The third kappa shape index (κ3) is 3.04. The van der Waals surface area contributed by atoms with Crippen LogP contribution in [0.25, 0.3) is 0 Å². The van der Waals surface area contributed by atoms with Crippen LogP contribution in [0.5, 0.6) is 5.75 Å². The number of anilines is 1. The Balaban J connectivity index is 2.13. The molecule has 2 aromatic rings. The number of nitrogens with two attached hydrogens (primary N) is 1. The van der Waals surface area contributed by atoms with Crippen molar-refractivity contribution < 1.29 is 4.74 Å². The summed E-state index contributed by atoms with van der Waals surface area (Å²) >= 11 is 0. The number of hydrogen-bond acceptors (Lipinski definition) is 2. The molecule has 0 heterocycles. The summed E-state index contributed by atoms with van der Waals surface area (Å²) < 4.78 is 5.83. The molecule has 18 heavy (non-hydrogen) atoms. The number of aryl methyl sites for hydroxylation is 3. The molecule has 0 aliphatic carbocycles. The van der Waals surface area contributed by atoms with Crippen LogP contribution < -0.4 is 10.5 Å². The molecular formula is C16H19NO. The van der Waals surface area contributed by atoms with Gasteiger partial charge in [0.15, 0.2) is 0 Å². The molecule has 0 saturated carbocycles. The van der Waals surface area contributed by atoms with Gasteiger partial charge in [-0.3, -0.25) is 0 Å². The summed E-state index contributed by atoms with van der Waals surface area (Å²) in [5, 5.41) is 0. The maximum atomic E-state index is 5.83. The molecular weight excluding hydrogens is 222 g/mol. The van der Waals surface area contributed by atoms with Gasteiger partial charge in [0, 0.05) is 11.8 Å². The second-order valence-corrected chi connectivity index (χ2v) is 4.81. The average Bonchev–Trinajstić information content (AvgIpc) is 2.29. The minimum Gasteiger partial charge on any atom is -0.489 e. The zero-order chi connectivity index (χ0) is 13.1. The van der Waals surface area contributed by atoms with Crippen molar-refractivity contribution >= 4 is 5.69 Å². The fraction of sp³-hybridized carbons (Fsp3) is 0.250. The lowest BCUT2D eigenvalue weighted by molar-refractivity contribution is 0.304. The lowest BCUT2D eigenvalue weighted by Crippen LogP contribution is -1.99. The van der Waals surface area contributed by atoms with Crippen molar-refractivity contribution in [3.8, 4) is 5.75 Å². The summed E-state index contributed by atoms with van der Waals surface area (Å²) in [5.74, 6) is 0.856. The van der Waals surface area contributed by atoms with Gasteiger partial charge in [0.25, 0.3) is 0 Å². The molecule has 0 bridgehead atoms. The lowest BCUT2D eigenvalue weighted by atomic mass is 10.1. The maximum Gasteiger partial charge on any atom is 0.124 e. The fourth-order valence-electron chi connectivity index (χ4n) is 2.09. The van der Waals surface area contributed by atoms with E-state index in [1.54, 1.807) is 0 Å². The van der Waals surface area contributed by atoms with Crippen molar-refractivity contribution in [1.29, 1.82) is 0 Å². The summed E-state index contributed by atoms with van der Waals surface area (Å²) in [6, 6.07) is 12.2. The highest BCUT2D eigenvalue weighted by atomic mass is 16.5. The standard InChI is InChI=1S/C16H19NO/c1-11-6-12(2)8-14(7-11)10-18-16-9-15(17)5-4-13(16)3/h4-9H,10,17H2,1-3H3. The summed E-state index contributed by atoms with van der Waals surface area (Å²) in [6.07, 6.45) is 0. The average molecular weight is 241 g/mol. The van der Waals surface area contributed by atoms with Crippen LogP contribution in [0.2, 0.25) is 0 Å². The molecule has 2 nitrogen and oxygen atoms in total. The van der Waals surface area contributed by atoms with E-state index in [0.717, 1.165) is 17.0 Å². The normalized spacial score (nSPS) is 10.4. The van der Waals surface area contributed by atoms with Gasteiger partial charge in [-0.15, -0.1) is 0 Å². The van der Waals surface area contributed by atoms with Gasteiger partial charge in [-0.05, 0) is 38.0 Å². The first-order valence-electron chi connectivity index (χ1n) is 6.11. The first kappa shape index (κ1) is 12.5. The fourth-order valence-corrected chi connectivity index (χ4v) is 2.09. The monoisotopic (exact) mass is 241 g/mol. The van der Waals surface area contributed by atoms with Gasteiger partial charge in [-0.1, -0.05) is 35.4 Å². The Morgan fingerprint density at radius 2 is 1.61 bits per heavy atom. The van der Waals surface area contributed by atoms with Crippen LogP contribution in [-0.2, 0) is 6.61 Å². The molecule has 2 aromatic carbocycles. The van der Waals surface area contributed by atoms with Crippen molar-refractivity contribution in [2.75, 3.05) is 5.73 Å². The zero-order valence-electron chi connectivity index (χ0n) is 11.2. The Morgan fingerprint density at radius 1 is 0.944 bits per heavy atom. The van der Waals surface area contributed by atoms with Crippen molar-refractivity contribution in [3.63, 3.8) is 0 Å². The molecule has 0 amide bonds. The quantitative estimate of drug-likeness (QED) is 0.830. The third-order valence-electron chi connectivity index (χ3n) is 2.89. The van der Waals surface area contributed by atoms with Crippen LogP contribution in [0.15, 0.2) is 36.4 Å². The SMILES string of the molecule is Cc1cc(C)cc(COc2cc(N)ccc2C)c1. The van der Waals surface area contributed by atoms with E-state index in [4.69, 9.17) is 10.5 Å². The van der Waals surface area contributed by atoms with E-state index in [1.165, 1.54) is 16.7 Å². The first-order valence-corrected chi connectivity index (χ1v) is 6.11. The van der Waals surface area contributed by atoms with Crippen molar-refractivity contribution in [1.82, 2.24) is 0 Å². The Bertz CT molecular complexity index is 541. The van der Waals surface area contributed by atoms with E-state index >= 15 is 0 Å². The molecule has 0 saturated heterocycles. The third-order valence-corrected chi connectivity index (χ3v) is 2.89. The largest absolute Gasteiger partial charge is 0.489 e. The van der Waals surface area contributed by atoms with E-state index in [2.05, 4.69) is 32.0 Å². The molecule has 0 aliphatic rings. The van der Waals surface area contributed by atoms with Gasteiger partial charge in [-0.25, -0.2) is 0 Å². The molecule has 2 rings (SSSR count). The second kappa shape index (κ2) is 5.13. The highest BCUT2D eigenvalue weighted by Crippen LogP contribution is 2.22. The zero-order valence-corrected chi connectivity index (χ0v) is 11.2. The van der Waals surface area contributed by atoms with Gasteiger partial charge in [0.2, 0.25) is 0 Å². The van der Waals surface area contributed by atoms with E-state index < -0.39 is 0 Å². The Morgan fingerprint density at radius 3 is 2.28 bits per heavy atom. The van der Waals surface area contributed by atoms with Gasteiger partial charge in [-0.2, -0.15) is 0 Å². The molecule has 94 valence electrons. The minimum atomic E-state index is 0.576. The van der Waals surface area contributed by atoms with Crippen molar-refractivity contribution in [2.45, 2.75) is 27.4 Å². The molecule has 0 spiro atoms. The van der Waals surface area contributed by atoms with Gasteiger partial charge in [0.05, 0.1) is 0 Å². The Hall–Kier alpha value is -1.96. The topological polar surface area (TPSA) is 35.2 Å². The first-order chi connectivity index (χ1) is 8.54. The molecule has 2 N–H and O–H groups in total. The van der Waals surface area contributed by atoms with E-state index in [-0.39, 0.29) is 0 Å². The van der Waals surface area contributed by atoms with Crippen molar-refractivity contribution in [3.05, 3.63) is 58.7 Å². The van der Waals surface area contributed by atoms with Crippen LogP contribution in [-0.4, -0.2) is 0 Å². The molecule has 0 aliphatic heterocycles. The summed E-state index contributed by atoms with van der Waals surface area (Å²) in [5.41, 5.74) is 11.3. The number of nitrogen functional groups attached to an aromatic ring is 1. The minimum absolute atomic E-state index is 0.576.